The summed E-state index contributed by atoms with van der Waals surface area (Å²) in [5.41, 5.74) is 2.67. The number of hydrogen-bond donors (Lipinski definition) is 0. The zero-order valence-corrected chi connectivity index (χ0v) is 16.6. The predicted molar refractivity (Wildman–Crippen MR) is 112 cm³/mol. The lowest BCUT2D eigenvalue weighted by atomic mass is 10.1. The first-order valence-corrected chi connectivity index (χ1v) is 9.46. The third kappa shape index (κ3) is 6.99. The molecule has 2 aromatic rings. The Morgan fingerprint density at radius 2 is 1.46 bits per heavy atom. The second-order valence-electron chi connectivity index (χ2n) is 7.01. The Labute approximate surface area is 164 Å². The molecule has 4 heteroatoms. The first kappa shape index (κ1) is 20.8. The molecule has 1 fully saturated rings. The Balaban J connectivity index is 0.00000243. The van der Waals surface area contributed by atoms with Gasteiger partial charge in [0, 0.05) is 26.2 Å². The van der Waals surface area contributed by atoms with Gasteiger partial charge in [-0.15, -0.1) is 12.4 Å². The molecule has 0 amide bonds. The SMILES string of the molecule is CN1CCN(CCCCOc2ccc(Cc3ccccc3)cc2)CC1.Cl. The summed E-state index contributed by atoms with van der Waals surface area (Å²) in [4.78, 5) is 4.97. The fourth-order valence-electron chi connectivity index (χ4n) is 3.23. The second-order valence-corrected chi connectivity index (χ2v) is 7.01. The minimum atomic E-state index is 0. The molecule has 1 aliphatic heterocycles. The first-order valence-electron chi connectivity index (χ1n) is 9.46. The van der Waals surface area contributed by atoms with Crippen LogP contribution < -0.4 is 4.74 Å². The summed E-state index contributed by atoms with van der Waals surface area (Å²) >= 11 is 0. The van der Waals surface area contributed by atoms with E-state index in [1.807, 2.05) is 0 Å². The van der Waals surface area contributed by atoms with Gasteiger partial charge in [0.15, 0.2) is 0 Å². The van der Waals surface area contributed by atoms with Crippen molar-refractivity contribution in [1.29, 1.82) is 0 Å². The molecule has 0 N–H and O–H groups in total. The van der Waals surface area contributed by atoms with E-state index in [1.54, 1.807) is 0 Å². The molecule has 0 bridgehead atoms. The van der Waals surface area contributed by atoms with Crippen LogP contribution in [0.5, 0.6) is 5.75 Å². The molecule has 0 saturated carbocycles. The fourth-order valence-corrected chi connectivity index (χ4v) is 3.23. The van der Waals surface area contributed by atoms with Crippen molar-refractivity contribution in [2.45, 2.75) is 19.3 Å². The van der Waals surface area contributed by atoms with Crippen LogP contribution in [0.2, 0.25) is 0 Å². The van der Waals surface area contributed by atoms with Crippen LogP contribution in [0.4, 0.5) is 0 Å². The third-order valence-corrected chi connectivity index (χ3v) is 4.91. The minimum absolute atomic E-state index is 0. The highest BCUT2D eigenvalue weighted by molar-refractivity contribution is 5.85. The van der Waals surface area contributed by atoms with Crippen molar-refractivity contribution in [3.8, 4) is 5.75 Å². The Morgan fingerprint density at radius 3 is 2.15 bits per heavy atom. The number of nitrogens with zero attached hydrogens (tertiary/aromatic N) is 2. The molecule has 1 heterocycles. The number of unbranched alkanes of at least 4 members (excludes halogenated alkanes) is 1. The van der Waals surface area contributed by atoms with Crippen molar-refractivity contribution < 1.29 is 4.74 Å². The molecule has 3 rings (SSSR count). The zero-order valence-electron chi connectivity index (χ0n) is 15.8. The molecule has 0 aliphatic carbocycles. The van der Waals surface area contributed by atoms with E-state index in [1.165, 1.54) is 50.3 Å². The van der Waals surface area contributed by atoms with E-state index in [9.17, 15) is 0 Å². The average Bonchev–Trinajstić information content (AvgIpc) is 2.65. The van der Waals surface area contributed by atoms with Gasteiger partial charge in [-0.25, -0.2) is 0 Å². The zero-order chi connectivity index (χ0) is 17.3. The topological polar surface area (TPSA) is 15.7 Å². The van der Waals surface area contributed by atoms with Gasteiger partial charge in [-0.2, -0.15) is 0 Å². The molecular formula is C22H31ClN2O. The molecule has 0 radical (unpaired) electrons. The summed E-state index contributed by atoms with van der Waals surface area (Å²) in [6.07, 6.45) is 3.32. The number of halogens is 1. The minimum Gasteiger partial charge on any atom is -0.494 e. The van der Waals surface area contributed by atoms with Crippen molar-refractivity contribution in [3.63, 3.8) is 0 Å². The smallest absolute Gasteiger partial charge is 0.119 e. The summed E-state index contributed by atoms with van der Waals surface area (Å²) in [6, 6.07) is 19.1. The maximum atomic E-state index is 5.89. The summed E-state index contributed by atoms with van der Waals surface area (Å²) < 4.78 is 5.89. The quantitative estimate of drug-likeness (QED) is 0.647. The lowest BCUT2D eigenvalue weighted by Crippen LogP contribution is -2.44. The van der Waals surface area contributed by atoms with Crippen molar-refractivity contribution in [2.24, 2.45) is 0 Å². The number of hydrogen-bond acceptors (Lipinski definition) is 3. The second kappa shape index (κ2) is 11.2. The fraction of sp³-hybridized carbons (Fsp3) is 0.455. The number of rotatable bonds is 8. The van der Waals surface area contributed by atoms with E-state index < -0.39 is 0 Å². The average molecular weight is 375 g/mol. The van der Waals surface area contributed by atoms with Crippen LogP contribution in [0.1, 0.15) is 24.0 Å². The number of ether oxygens (including phenoxy) is 1. The van der Waals surface area contributed by atoms with Crippen molar-refractivity contribution in [3.05, 3.63) is 65.7 Å². The highest BCUT2D eigenvalue weighted by atomic mass is 35.5. The van der Waals surface area contributed by atoms with E-state index in [0.29, 0.717) is 0 Å². The van der Waals surface area contributed by atoms with Crippen LogP contribution in [0.25, 0.3) is 0 Å². The Bertz CT molecular complexity index is 610. The van der Waals surface area contributed by atoms with Gasteiger partial charge in [-0.05, 0) is 56.1 Å². The first-order chi connectivity index (χ1) is 12.3. The molecule has 142 valence electrons. The molecule has 2 aromatic carbocycles. The Hall–Kier alpha value is -1.55. The summed E-state index contributed by atoms with van der Waals surface area (Å²) in [7, 11) is 2.20. The molecule has 3 nitrogen and oxygen atoms in total. The van der Waals surface area contributed by atoms with Crippen LogP contribution in [-0.4, -0.2) is 56.2 Å². The van der Waals surface area contributed by atoms with E-state index in [2.05, 4.69) is 71.4 Å². The summed E-state index contributed by atoms with van der Waals surface area (Å²) in [5.74, 6) is 0.983. The van der Waals surface area contributed by atoms with Crippen LogP contribution in [0.3, 0.4) is 0 Å². The van der Waals surface area contributed by atoms with E-state index >= 15 is 0 Å². The standard InChI is InChI=1S/C22H30N2O.ClH/c1-23-14-16-24(17-15-23)13-5-6-18-25-22-11-9-21(10-12-22)19-20-7-3-2-4-8-20;/h2-4,7-12H,5-6,13-19H2,1H3;1H. The molecule has 0 atom stereocenters. The van der Waals surface area contributed by atoms with Crippen molar-refractivity contribution in [1.82, 2.24) is 9.80 Å². The largest absolute Gasteiger partial charge is 0.494 e. The van der Waals surface area contributed by atoms with Crippen LogP contribution >= 0.6 is 12.4 Å². The third-order valence-electron chi connectivity index (χ3n) is 4.91. The van der Waals surface area contributed by atoms with Gasteiger partial charge in [0.2, 0.25) is 0 Å². The molecule has 26 heavy (non-hydrogen) atoms. The van der Waals surface area contributed by atoms with E-state index in [0.717, 1.165) is 25.2 Å². The molecule has 0 aromatic heterocycles. The van der Waals surface area contributed by atoms with Crippen molar-refractivity contribution >= 4 is 12.4 Å². The van der Waals surface area contributed by atoms with Gasteiger partial charge in [0.05, 0.1) is 6.61 Å². The number of benzene rings is 2. The van der Waals surface area contributed by atoms with Gasteiger partial charge in [0.1, 0.15) is 5.75 Å². The van der Waals surface area contributed by atoms with E-state index in [-0.39, 0.29) is 12.4 Å². The lowest BCUT2D eigenvalue weighted by Gasteiger charge is -2.32. The van der Waals surface area contributed by atoms with Crippen LogP contribution in [0.15, 0.2) is 54.6 Å². The van der Waals surface area contributed by atoms with Gasteiger partial charge in [-0.1, -0.05) is 42.5 Å². The van der Waals surface area contributed by atoms with Crippen LogP contribution in [-0.2, 0) is 6.42 Å². The Kier molecular flexibility index (Phi) is 8.96. The maximum absolute atomic E-state index is 5.89. The van der Waals surface area contributed by atoms with E-state index in [4.69, 9.17) is 4.74 Å². The molecule has 1 saturated heterocycles. The summed E-state index contributed by atoms with van der Waals surface area (Å²) in [5, 5.41) is 0. The highest BCUT2D eigenvalue weighted by Crippen LogP contribution is 2.15. The molecular weight excluding hydrogens is 344 g/mol. The van der Waals surface area contributed by atoms with Crippen LogP contribution in [0, 0.1) is 0 Å². The highest BCUT2D eigenvalue weighted by Gasteiger charge is 2.12. The van der Waals surface area contributed by atoms with Gasteiger partial charge < -0.3 is 14.5 Å². The van der Waals surface area contributed by atoms with Gasteiger partial charge >= 0.3 is 0 Å². The van der Waals surface area contributed by atoms with Crippen molar-refractivity contribution in [2.75, 3.05) is 46.4 Å². The molecule has 0 spiro atoms. The summed E-state index contributed by atoms with van der Waals surface area (Å²) in [6.45, 7) is 6.83. The number of likely N-dealkylation sites (N-methyl/N-ethyl adjacent to an activating group) is 1. The predicted octanol–water partition coefficient (Wildman–Crippen LogP) is 4.11. The monoisotopic (exact) mass is 374 g/mol. The van der Waals surface area contributed by atoms with Gasteiger partial charge in [0.25, 0.3) is 0 Å². The number of piperazine rings is 1. The lowest BCUT2D eigenvalue weighted by molar-refractivity contribution is 0.150. The maximum Gasteiger partial charge on any atom is 0.119 e. The van der Waals surface area contributed by atoms with Gasteiger partial charge in [-0.3, -0.25) is 0 Å². The normalized spacial score (nSPS) is 15.4. The molecule has 0 unspecified atom stereocenters. The molecule has 1 aliphatic rings. The Morgan fingerprint density at radius 1 is 0.808 bits per heavy atom.